The van der Waals surface area contributed by atoms with Gasteiger partial charge in [0.2, 0.25) is 11.2 Å². The van der Waals surface area contributed by atoms with Crippen molar-refractivity contribution in [2.75, 3.05) is 0 Å². The number of aromatic hydroxyl groups is 1. The van der Waals surface area contributed by atoms with Crippen molar-refractivity contribution in [3.05, 3.63) is 46.6 Å². The first kappa shape index (κ1) is 8.91. The molecule has 0 spiro atoms. The molecule has 1 aromatic carbocycles. The monoisotopic (exact) mass is 213 g/mol. The summed E-state index contributed by atoms with van der Waals surface area (Å²) in [6, 6.07) is 10.00. The van der Waals surface area contributed by atoms with E-state index in [0.717, 1.165) is 0 Å². The first-order valence-electron chi connectivity index (χ1n) is 4.77. The lowest BCUT2D eigenvalue weighted by Crippen LogP contribution is -2.01. The molecular formula is C12H7NO3. The third-order valence-electron chi connectivity index (χ3n) is 2.39. The minimum Gasteiger partial charge on any atom is -0.501 e. The quantitative estimate of drug-likeness (QED) is 0.580. The van der Waals surface area contributed by atoms with Crippen LogP contribution in [0.1, 0.15) is 0 Å². The Morgan fingerprint density at radius 3 is 2.81 bits per heavy atom. The Morgan fingerprint density at radius 1 is 1.12 bits per heavy atom. The van der Waals surface area contributed by atoms with Crippen molar-refractivity contribution in [1.82, 2.24) is 4.98 Å². The summed E-state index contributed by atoms with van der Waals surface area (Å²) in [5.41, 5.74) is 1.23. The van der Waals surface area contributed by atoms with E-state index < -0.39 is 11.2 Å². The maximum absolute atomic E-state index is 11.2. The van der Waals surface area contributed by atoms with Crippen LogP contribution in [0.3, 0.4) is 0 Å². The molecule has 1 aliphatic heterocycles. The van der Waals surface area contributed by atoms with Gasteiger partial charge in [0.1, 0.15) is 11.2 Å². The Bertz CT molecular complexity index is 702. The van der Waals surface area contributed by atoms with Gasteiger partial charge in [-0.15, -0.1) is 0 Å². The van der Waals surface area contributed by atoms with Crippen molar-refractivity contribution in [3.8, 4) is 17.2 Å². The van der Waals surface area contributed by atoms with E-state index >= 15 is 0 Å². The molecule has 4 nitrogen and oxygen atoms in total. The van der Waals surface area contributed by atoms with Gasteiger partial charge in [-0.3, -0.25) is 4.79 Å². The predicted molar refractivity (Wildman–Crippen MR) is 58.6 cm³/mol. The zero-order valence-electron chi connectivity index (χ0n) is 8.18. The number of phenolic OH excluding ortho intramolecular Hbond substituents is 1. The van der Waals surface area contributed by atoms with Gasteiger partial charge < -0.3 is 9.52 Å². The zero-order valence-corrected chi connectivity index (χ0v) is 8.18. The summed E-state index contributed by atoms with van der Waals surface area (Å²) in [6.45, 7) is 0. The van der Waals surface area contributed by atoms with E-state index in [9.17, 15) is 9.90 Å². The molecule has 0 fully saturated rings. The van der Waals surface area contributed by atoms with Crippen LogP contribution in [-0.4, -0.2) is 10.1 Å². The number of benzene rings is 2. The van der Waals surface area contributed by atoms with Gasteiger partial charge in [-0.05, 0) is 24.3 Å². The largest absolute Gasteiger partial charge is 0.501 e. The summed E-state index contributed by atoms with van der Waals surface area (Å²) in [5, 5.41) is 9.57. The van der Waals surface area contributed by atoms with Crippen LogP contribution in [0.4, 0.5) is 0 Å². The maximum atomic E-state index is 11.2. The zero-order chi connectivity index (χ0) is 11.1. The second-order valence-corrected chi connectivity index (χ2v) is 3.44. The van der Waals surface area contributed by atoms with E-state index in [2.05, 4.69) is 4.98 Å². The highest BCUT2D eigenvalue weighted by molar-refractivity contribution is 5.77. The number of fused-ring (bicyclic) bond motifs is 2. The minimum atomic E-state index is -0.465. The van der Waals surface area contributed by atoms with Gasteiger partial charge in [0, 0.05) is 0 Å². The normalized spacial score (nSPS) is 11.0. The Morgan fingerprint density at radius 2 is 1.94 bits per heavy atom. The Labute approximate surface area is 90.1 Å². The number of hydrogen-bond donors (Lipinski definition) is 1. The van der Waals surface area contributed by atoms with Crippen molar-refractivity contribution < 1.29 is 9.52 Å². The standard InChI is InChI=1S/C12H7NO3/c14-9-6-5-8-12(11(9)15)16-10-4-2-1-3-7(10)13-8/h1-6,15H. The van der Waals surface area contributed by atoms with Crippen LogP contribution in [0, 0.1) is 0 Å². The molecule has 2 aliphatic rings. The highest BCUT2D eigenvalue weighted by Gasteiger charge is 2.15. The van der Waals surface area contributed by atoms with Gasteiger partial charge in [0.05, 0.1) is 0 Å². The van der Waals surface area contributed by atoms with Gasteiger partial charge in [-0.25, -0.2) is 4.98 Å². The van der Waals surface area contributed by atoms with E-state index in [-0.39, 0.29) is 5.76 Å². The third-order valence-corrected chi connectivity index (χ3v) is 2.39. The van der Waals surface area contributed by atoms with E-state index in [1.54, 1.807) is 18.2 Å². The van der Waals surface area contributed by atoms with E-state index in [0.29, 0.717) is 16.8 Å². The average Bonchev–Trinajstić information content (AvgIpc) is 2.32. The Balaban J connectivity index is 2.52. The molecule has 4 heteroatoms. The number of phenols is 1. The number of nitrogens with zero attached hydrogens (tertiary/aromatic N) is 1. The van der Waals surface area contributed by atoms with Crippen LogP contribution in [0.5, 0.6) is 5.75 Å². The van der Waals surface area contributed by atoms with Crippen LogP contribution >= 0.6 is 0 Å². The highest BCUT2D eigenvalue weighted by atomic mass is 16.4. The summed E-state index contributed by atoms with van der Waals surface area (Å²) >= 11 is 0. The molecule has 0 bridgehead atoms. The molecule has 0 atom stereocenters. The molecule has 0 radical (unpaired) electrons. The predicted octanol–water partition coefficient (Wildman–Crippen LogP) is 2.00. The summed E-state index contributed by atoms with van der Waals surface area (Å²) in [7, 11) is 0. The Kier molecular flexibility index (Phi) is 1.71. The number of aromatic nitrogens is 1. The molecular weight excluding hydrogens is 206 g/mol. The summed E-state index contributed by atoms with van der Waals surface area (Å²) in [4.78, 5) is 15.5. The molecule has 16 heavy (non-hydrogen) atoms. The SMILES string of the molecule is O=c1ccc2nc3ccccc3oc-2c1O. The van der Waals surface area contributed by atoms with E-state index in [1.165, 1.54) is 12.1 Å². The van der Waals surface area contributed by atoms with Crippen molar-refractivity contribution >= 4 is 11.1 Å². The first-order chi connectivity index (χ1) is 7.75. The smallest absolute Gasteiger partial charge is 0.224 e. The molecule has 3 rings (SSSR count). The van der Waals surface area contributed by atoms with Gasteiger partial charge in [0.15, 0.2) is 11.3 Å². The molecule has 1 aliphatic carbocycles. The molecule has 1 N–H and O–H groups in total. The molecule has 0 unspecified atom stereocenters. The second-order valence-electron chi connectivity index (χ2n) is 3.44. The summed E-state index contributed by atoms with van der Waals surface area (Å²) in [5.74, 6) is -0.262. The molecule has 0 saturated heterocycles. The number of para-hydroxylation sites is 2. The van der Waals surface area contributed by atoms with Crippen molar-refractivity contribution in [2.24, 2.45) is 0 Å². The van der Waals surface area contributed by atoms with Crippen LogP contribution in [0.2, 0.25) is 0 Å². The molecule has 0 aromatic heterocycles. The second kappa shape index (κ2) is 3.06. The van der Waals surface area contributed by atoms with Gasteiger partial charge in [-0.1, -0.05) is 12.1 Å². The lowest BCUT2D eigenvalue weighted by molar-refractivity contribution is 0.449. The summed E-state index contributed by atoms with van der Waals surface area (Å²) < 4.78 is 5.45. The van der Waals surface area contributed by atoms with E-state index in [1.807, 2.05) is 6.07 Å². The summed E-state index contributed by atoms with van der Waals surface area (Å²) in [6.07, 6.45) is 0. The van der Waals surface area contributed by atoms with Crippen LogP contribution in [-0.2, 0) is 0 Å². The van der Waals surface area contributed by atoms with Crippen LogP contribution in [0.15, 0.2) is 45.6 Å². The molecule has 1 aromatic rings. The lowest BCUT2D eigenvalue weighted by Gasteiger charge is -2.06. The van der Waals surface area contributed by atoms with Crippen LogP contribution < -0.4 is 5.43 Å². The van der Waals surface area contributed by atoms with Crippen molar-refractivity contribution in [1.29, 1.82) is 0 Å². The highest BCUT2D eigenvalue weighted by Crippen LogP contribution is 2.29. The third kappa shape index (κ3) is 1.16. The van der Waals surface area contributed by atoms with Crippen LogP contribution in [0.25, 0.3) is 22.6 Å². The van der Waals surface area contributed by atoms with Gasteiger partial charge in [0.25, 0.3) is 0 Å². The lowest BCUT2D eigenvalue weighted by atomic mass is 10.2. The topological polar surface area (TPSA) is 63.3 Å². The fourth-order valence-corrected chi connectivity index (χ4v) is 1.61. The number of hydrogen-bond acceptors (Lipinski definition) is 4. The minimum absolute atomic E-state index is 0.131. The molecule has 0 amide bonds. The van der Waals surface area contributed by atoms with Gasteiger partial charge >= 0.3 is 0 Å². The number of rotatable bonds is 0. The molecule has 0 saturated carbocycles. The van der Waals surface area contributed by atoms with Crippen molar-refractivity contribution in [3.63, 3.8) is 0 Å². The average molecular weight is 213 g/mol. The first-order valence-corrected chi connectivity index (χ1v) is 4.77. The Hall–Kier alpha value is -2.36. The van der Waals surface area contributed by atoms with Gasteiger partial charge in [-0.2, -0.15) is 0 Å². The maximum Gasteiger partial charge on any atom is 0.224 e. The fraction of sp³-hybridized carbons (Fsp3) is 0. The van der Waals surface area contributed by atoms with E-state index in [4.69, 9.17) is 4.42 Å². The molecule has 1 heterocycles. The van der Waals surface area contributed by atoms with Crippen molar-refractivity contribution in [2.45, 2.75) is 0 Å². The molecule has 78 valence electrons. The fourth-order valence-electron chi connectivity index (χ4n) is 1.61.